The summed E-state index contributed by atoms with van der Waals surface area (Å²) in [6, 6.07) is 10.4. The van der Waals surface area contributed by atoms with E-state index in [2.05, 4.69) is 0 Å². The van der Waals surface area contributed by atoms with Gasteiger partial charge in [-0.15, -0.1) is 0 Å². The van der Waals surface area contributed by atoms with E-state index in [1.54, 1.807) is 31.2 Å². The highest BCUT2D eigenvalue weighted by molar-refractivity contribution is 7.89. The topological polar surface area (TPSA) is 65.1 Å². The first-order chi connectivity index (χ1) is 12.9. The molecule has 0 amide bonds. The lowest BCUT2D eigenvalue weighted by Gasteiger charge is -2.31. The molecule has 0 bridgehead atoms. The minimum absolute atomic E-state index is 0.0442. The lowest BCUT2D eigenvalue weighted by Crippen LogP contribution is -2.41. The zero-order valence-corrected chi connectivity index (χ0v) is 16.4. The van der Waals surface area contributed by atoms with Crippen molar-refractivity contribution in [2.45, 2.75) is 30.8 Å². The lowest BCUT2D eigenvalue weighted by atomic mass is 10.1. The normalized spacial score (nSPS) is 17.9. The highest BCUT2D eigenvalue weighted by Crippen LogP contribution is 2.36. The number of rotatable bonds is 4. The second kappa shape index (κ2) is 7.22. The Hall–Kier alpha value is -1.96. The van der Waals surface area contributed by atoms with Gasteiger partial charge >= 0.3 is 0 Å². The molecule has 2 aliphatic heterocycles. The summed E-state index contributed by atoms with van der Waals surface area (Å²) in [6.07, 6.45) is 1.19. The molecule has 0 unspecified atom stereocenters. The smallest absolute Gasteiger partial charge is 0.243 e. The monoisotopic (exact) mass is 409 g/mol. The summed E-state index contributed by atoms with van der Waals surface area (Å²) in [5, 5.41) is 0.456. The summed E-state index contributed by atoms with van der Waals surface area (Å²) in [6.45, 7) is 2.76. The minimum atomic E-state index is -3.56. The Bertz CT molecular complexity index is 955. The van der Waals surface area contributed by atoms with Gasteiger partial charge < -0.3 is 14.2 Å². The van der Waals surface area contributed by atoms with Crippen LogP contribution in [0.3, 0.4) is 0 Å². The van der Waals surface area contributed by atoms with Crippen LogP contribution in [0.1, 0.15) is 18.4 Å². The Kier molecular flexibility index (Phi) is 4.92. The predicted octanol–water partition coefficient (Wildman–Crippen LogP) is 3.61. The van der Waals surface area contributed by atoms with Crippen LogP contribution in [-0.2, 0) is 10.0 Å². The maximum atomic E-state index is 12.9. The summed E-state index contributed by atoms with van der Waals surface area (Å²) < 4.78 is 44.1. The first-order valence-electron chi connectivity index (χ1n) is 8.77. The fourth-order valence-electron chi connectivity index (χ4n) is 3.34. The van der Waals surface area contributed by atoms with Crippen LogP contribution in [0.2, 0.25) is 5.02 Å². The molecular formula is C19H20ClNO5S. The molecule has 0 radical (unpaired) electrons. The van der Waals surface area contributed by atoms with E-state index in [9.17, 15) is 8.42 Å². The van der Waals surface area contributed by atoms with Crippen LogP contribution in [0.15, 0.2) is 41.3 Å². The largest absolute Gasteiger partial charge is 0.490 e. The van der Waals surface area contributed by atoms with Crippen molar-refractivity contribution in [1.29, 1.82) is 0 Å². The summed E-state index contributed by atoms with van der Waals surface area (Å²) in [5.41, 5.74) is 0.581. The van der Waals surface area contributed by atoms with E-state index in [0.717, 1.165) is 0 Å². The van der Waals surface area contributed by atoms with Crippen LogP contribution in [-0.4, -0.2) is 38.7 Å². The van der Waals surface area contributed by atoms with E-state index in [-0.39, 0.29) is 17.8 Å². The molecule has 2 aromatic carbocycles. The molecule has 0 saturated carbocycles. The maximum absolute atomic E-state index is 12.9. The van der Waals surface area contributed by atoms with Crippen LogP contribution in [0.25, 0.3) is 0 Å². The van der Waals surface area contributed by atoms with E-state index < -0.39 is 10.0 Å². The van der Waals surface area contributed by atoms with Crippen molar-refractivity contribution in [2.75, 3.05) is 19.9 Å². The molecule has 0 N–H and O–H groups in total. The van der Waals surface area contributed by atoms with E-state index in [0.29, 0.717) is 53.8 Å². The van der Waals surface area contributed by atoms with Gasteiger partial charge in [-0.3, -0.25) is 0 Å². The van der Waals surface area contributed by atoms with Gasteiger partial charge in [0.15, 0.2) is 11.5 Å². The second-order valence-electron chi connectivity index (χ2n) is 6.60. The first kappa shape index (κ1) is 18.4. The molecule has 144 valence electrons. The van der Waals surface area contributed by atoms with E-state index in [4.69, 9.17) is 25.8 Å². The molecule has 2 aromatic rings. The van der Waals surface area contributed by atoms with Crippen LogP contribution >= 0.6 is 11.6 Å². The minimum Gasteiger partial charge on any atom is -0.490 e. The fourth-order valence-corrected chi connectivity index (χ4v) is 5.29. The summed E-state index contributed by atoms with van der Waals surface area (Å²) in [7, 11) is -3.56. The molecule has 2 heterocycles. The van der Waals surface area contributed by atoms with Crippen molar-refractivity contribution in [2.24, 2.45) is 0 Å². The third kappa shape index (κ3) is 3.59. The molecule has 0 atom stereocenters. The average Bonchev–Trinajstić information content (AvgIpc) is 3.12. The third-order valence-electron chi connectivity index (χ3n) is 4.88. The molecule has 0 aromatic heterocycles. The number of nitrogens with zero attached hydrogens (tertiary/aromatic N) is 1. The Morgan fingerprint density at radius 3 is 2.63 bits per heavy atom. The summed E-state index contributed by atoms with van der Waals surface area (Å²) in [5.74, 6) is 2.08. The lowest BCUT2D eigenvalue weighted by molar-refractivity contribution is 0.134. The molecule has 0 aliphatic carbocycles. The van der Waals surface area contributed by atoms with Crippen molar-refractivity contribution in [3.8, 4) is 17.2 Å². The number of ether oxygens (including phenoxy) is 3. The number of benzene rings is 2. The summed E-state index contributed by atoms with van der Waals surface area (Å²) in [4.78, 5) is 0.269. The van der Waals surface area contributed by atoms with E-state index in [1.165, 1.54) is 4.31 Å². The molecule has 2 aliphatic rings. The zero-order chi connectivity index (χ0) is 19.0. The average molecular weight is 410 g/mol. The number of piperidine rings is 1. The molecule has 6 nitrogen and oxygen atoms in total. The maximum Gasteiger partial charge on any atom is 0.243 e. The van der Waals surface area contributed by atoms with Gasteiger partial charge in [0.25, 0.3) is 0 Å². The molecular weight excluding hydrogens is 390 g/mol. The predicted molar refractivity (Wildman–Crippen MR) is 101 cm³/mol. The van der Waals surface area contributed by atoms with Crippen molar-refractivity contribution in [3.05, 3.63) is 47.0 Å². The van der Waals surface area contributed by atoms with Crippen LogP contribution in [0.4, 0.5) is 0 Å². The van der Waals surface area contributed by atoms with Gasteiger partial charge in [0.05, 0.1) is 4.90 Å². The zero-order valence-electron chi connectivity index (χ0n) is 14.9. The first-order valence-corrected chi connectivity index (χ1v) is 10.6. The van der Waals surface area contributed by atoms with Gasteiger partial charge in [0.2, 0.25) is 16.8 Å². The molecule has 27 heavy (non-hydrogen) atoms. The van der Waals surface area contributed by atoms with Crippen molar-refractivity contribution < 1.29 is 22.6 Å². The second-order valence-corrected chi connectivity index (χ2v) is 8.91. The van der Waals surface area contributed by atoms with Crippen LogP contribution in [0.5, 0.6) is 17.2 Å². The molecule has 0 spiro atoms. The van der Waals surface area contributed by atoms with E-state index >= 15 is 0 Å². The Balaban J connectivity index is 1.42. The summed E-state index contributed by atoms with van der Waals surface area (Å²) >= 11 is 6.09. The number of hydrogen-bond donors (Lipinski definition) is 0. The SMILES string of the molecule is Cc1c(Cl)cccc1S(=O)(=O)N1CCC(Oc2ccc3c(c2)OCO3)CC1. The van der Waals surface area contributed by atoms with Gasteiger partial charge in [-0.1, -0.05) is 17.7 Å². The Morgan fingerprint density at radius 2 is 1.85 bits per heavy atom. The van der Waals surface area contributed by atoms with Gasteiger partial charge in [0, 0.05) is 24.2 Å². The van der Waals surface area contributed by atoms with Crippen molar-refractivity contribution in [1.82, 2.24) is 4.31 Å². The van der Waals surface area contributed by atoms with Gasteiger partial charge in [-0.25, -0.2) is 8.42 Å². The number of sulfonamides is 1. The Labute approximate surface area is 163 Å². The molecule has 1 fully saturated rings. The van der Waals surface area contributed by atoms with Crippen LogP contribution < -0.4 is 14.2 Å². The molecule has 4 rings (SSSR count). The Morgan fingerprint density at radius 1 is 1.11 bits per heavy atom. The van der Waals surface area contributed by atoms with Crippen LogP contribution in [0, 0.1) is 6.92 Å². The quantitative estimate of drug-likeness (QED) is 0.771. The van der Waals surface area contributed by atoms with Crippen molar-refractivity contribution in [3.63, 3.8) is 0 Å². The molecule has 1 saturated heterocycles. The van der Waals surface area contributed by atoms with Gasteiger partial charge in [-0.05, 0) is 49.6 Å². The standard InChI is InChI=1S/C19H20ClNO5S/c1-13-16(20)3-2-4-19(13)27(22,23)21-9-7-14(8-10-21)26-15-5-6-17-18(11-15)25-12-24-17/h2-6,11,14H,7-10,12H2,1H3. The highest BCUT2D eigenvalue weighted by atomic mass is 35.5. The van der Waals surface area contributed by atoms with Crippen molar-refractivity contribution >= 4 is 21.6 Å². The number of halogens is 1. The van der Waals surface area contributed by atoms with Gasteiger partial charge in [-0.2, -0.15) is 4.31 Å². The molecule has 8 heteroatoms. The highest BCUT2D eigenvalue weighted by Gasteiger charge is 2.31. The fraction of sp³-hybridized carbons (Fsp3) is 0.368. The number of fused-ring (bicyclic) bond motifs is 1. The number of hydrogen-bond acceptors (Lipinski definition) is 5. The third-order valence-corrected chi connectivity index (χ3v) is 7.34. The van der Waals surface area contributed by atoms with E-state index in [1.807, 2.05) is 12.1 Å². The van der Waals surface area contributed by atoms with Gasteiger partial charge in [0.1, 0.15) is 11.9 Å².